The van der Waals surface area contributed by atoms with Crippen LogP contribution >= 0.6 is 11.8 Å². The molecule has 10 heteroatoms. The third-order valence-corrected chi connectivity index (χ3v) is 4.54. The number of H-pyrrole nitrogens is 1. The van der Waals surface area contributed by atoms with Crippen molar-refractivity contribution in [3.05, 3.63) is 56.0 Å². The number of thioether (sulfide) groups is 1. The number of fused-ring (bicyclic) bond motifs is 1. The molecule has 0 atom stereocenters. The number of carbonyl (C=O) groups is 1. The maximum Gasteiger partial charge on any atom is 0.340 e. The van der Waals surface area contributed by atoms with E-state index in [1.165, 1.54) is 43.1 Å². The zero-order chi connectivity index (χ0) is 19.7. The summed E-state index contributed by atoms with van der Waals surface area (Å²) in [6.45, 7) is 1.61. The van der Waals surface area contributed by atoms with Crippen molar-refractivity contribution in [1.29, 1.82) is 0 Å². The number of nitrogens with one attached hydrogen (secondary N) is 1. The van der Waals surface area contributed by atoms with Crippen molar-refractivity contribution in [3.8, 4) is 11.1 Å². The molecular weight excluding hydrogens is 372 g/mol. The second-order valence-electron chi connectivity index (χ2n) is 5.52. The van der Waals surface area contributed by atoms with Crippen LogP contribution in [0.1, 0.15) is 16.1 Å². The van der Waals surface area contributed by atoms with Crippen LogP contribution in [0.5, 0.6) is 0 Å². The van der Waals surface area contributed by atoms with Crippen molar-refractivity contribution >= 4 is 34.5 Å². The predicted octanol–water partition coefficient (Wildman–Crippen LogP) is 2.71. The molecule has 0 saturated heterocycles. The van der Waals surface area contributed by atoms with Gasteiger partial charge in [-0.05, 0) is 30.9 Å². The van der Waals surface area contributed by atoms with E-state index in [1.807, 2.05) is 0 Å². The molecular formula is C17H14N4O5S. The smallest absolute Gasteiger partial charge is 0.340 e. The summed E-state index contributed by atoms with van der Waals surface area (Å²) in [6.07, 6.45) is 1.76. The molecule has 0 saturated carbocycles. The van der Waals surface area contributed by atoms with Crippen molar-refractivity contribution in [2.75, 3.05) is 13.4 Å². The maximum absolute atomic E-state index is 12.7. The van der Waals surface area contributed by atoms with Crippen LogP contribution in [0.2, 0.25) is 0 Å². The number of aromatic amines is 1. The number of non-ortho nitro benzene ring substituents is 1. The molecule has 3 aromatic rings. The predicted molar refractivity (Wildman–Crippen MR) is 100 cm³/mol. The molecule has 2 heterocycles. The van der Waals surface area contributed by atoms with Crippen LogP contribution in [-0.2, 0) is 4.74 Å². The molecule has 0 unspecified atom stereocenters. The molecule has 0 bridgehead atoms. The Morgan fingerprint density at radius 3 is 2.48 bits per heavy atom. The van der Waals surface area contributed by atoms with Gasteiger partial charge in [-0.25, -0.2) is 14.8 Å². The monoisotopic (exact) mass is 386 g/mol. The Morgan fingerprint density at radius 2 is 1.93 bits per heavy atom. The van der Waals surface area contributed by atoms with E-state index in [0.717, 1.165) is 0 Å². The highest BCUT2D eigenvalue weighted by molar-refractivity contribution is 7.98. The molecule has 0 fully saturated rings. The third-order valence-electron chi connectivity index (χ3n) is 3.96. The number of hydrogen-bond acceptors (Lipinski definition) is 8. The summed E-state index contributed by atoms with van der Waals surface area (Å²) in [5.74, 6) is -0.663. The van der Waals surface area contributed by atoms with E-state index in [1.54, 1.807) is 13.2 Å². The summed E-state index contributed by atoms with van der Waals surface area (Å²) >= 11 is 1.25. The molecule has 27 heavy (non-hydrogen) atoms. The lowest BCUT2D eigenvalue weighted by atomic mass is 9.96. The summed E-state index contributed by atoms with van der Waals surface area (Å²) in [6, 6.07) is 5.55. The highest BCUT2D eigenvalue weighted by atomic mass is 32.2. The first-order valence-electron chi connectivity index (χ1n) is 7.69. The number of pyridine rings is 1. The van der Waals surface area contributed by atoms with E-state index in [9.17, 15) is 19.7 Å². The van der Waals surface area contributed by atoms with E-state index in [-0.39, 0.29) is 27.8 Å². The van der Waals surface area contributed by atoms with Crippen LogP contribution in [0.3, 0.4) is 0 Å². The maximum atomic E-state index is 12.7. The van der Waals surface area contributed by atoms with Gasteiger partial charge < -0.3 is 9.72 Å². The number of aromatic nitrogens is 3. The Hall–Kier alpha value is -3.27. The lowest BCUT2D eigenvalue weighted by molar-refractivity contribution is -0.384. The van der Waals surface area contributed by atoms with Crippen LogP contribution in [0.4, 0.5) is 5.69 Å². The van der Waals surface area contributed by atoms with Crippen molar-refractivity contribution in [2.24, 2.45) is 0 Å². The number of esters is 1. The Balaban J connectivity index is 2.44. The van der Waals surface area contributed by atoms with Crippen LogP contribution in [0.15, 0.2) is 34.2 Å². The number of nitrogens with zero attached hydrogens (tertiary/aromatic N) is 3. The second kappa shape index (κ2) is 7.16. The van der Waals surface area contributed by atoms with Gasteiger partial charge in [0.15, 0.2) is 10.8 Å². The summed E-state index contributed by atoms with van der Waals surface area (Å²) in [7, 11) is 1.23. The van der Waals surface area contributed by atoms with Crippen LogP contribution < -0.4 is 5.56 Å². The number of nitro benzene ring substituents is 1. The largest absolute Gasteiger partial charge is 0.465 e. The molecule has 1 N–H and O–H groups in total. The Bertz CT molecular complexity index is 1120. The standard InChI is InChI=1S/C17H14N4O5S/c1-8-11(16(23)26-2)12(9-4-6-10(7-5-9)21(24)25)13-14(18-8)19-17(27-3)20-15(13)22/h4-7H,1-3H3,(H,18,19,20,22). The molecule has 2 aromatic heterocycles. The average Bonchev–Trinajstić information content (AvgIpc) is 2.66. The van der Waals surface area contributed by atoms with Gasteiger partial charge in [0, 0.05) is 17.7 Å². The van der Waals surface area contributed by atoms with Gasteiger partial charge >= 0.3 is 5.97 Å². The zero-order valence-electron chi connectivity index (χ0n) is 14.6. The molecule has 0 spiro atoms. The quantitative estimate of drug-likeness (QED) is 0.238. The van der Waals surface area contributed by atoms with Gasteiger partial charge in [0.1, 0.15) is 0 Å². The number of nitro groups is 1. The van der Waals surface area contributed by atoms with Crippen LogP contribution in [-0.4, -0.2) is 39.2 Å². The van der Waals surface area contributed by atoms with Crippen molar-refractivity contribution < 1.29 is 14.5 Å². The minimum absolute atomic E-state index is 0.106. The topological polar surface area (TPSA) is 128 Å². The van der Waals surface area contributed by atoms with Gasteiger partial charge in [-0.3, -0.25) is 14.9 Å². The van der Waals surface area contributed by atoms with Crippen molar-refractivity contribution in [1.82, 2.24) is 15.0 Å². The molecule has 0 aliphatic carbocycles. The first-order chi connectivity index (χ1) is 12.9. The fourth-order valence-corrected chi connectivity index (χ4v) is 3.13. The fraction of sp³-hybridized carbons (Fsp3) is 0.176. The van der Waals surface area contributed by atoms with Gasteiger partial charge in [0.25, 0.3) is 11.2 Å². The molecule has 1 aromatic carbocycles. The van der Waals surface area contributed by atoms with E-state index >= 15 is 0 Å². The summed E-state index contributed by atoms with van der Waals surface area (Å²) in [4.78, 5) is 46.7. The number of rotatable bonds is 4. The molecule has 0 aliphatic heterocycles. The first-order valence-corrected chi connectivity index (χ1v) is 8.91. The highest BCUT2D eigenvalue weighted by Crippen LogP contribution is 2.32. The molecule has 0 aliphatic rings. The third kappa shape index (κ3) is 3.26. The fourth-order valence-electron chi connectivity index (χ4n) is 2.76. The highest BCUT2D eigenvalue weighted by Gasteiger charge is 2.24. The second-order valence-corrected chi connectivity index (χ2v) is 6.31. The number of ether oxygens (including phenoxy) is 1. The van der Waals surface area contributed by atoms with Gasteiger partial charge in [0.2, 0.25) is 0 Å². The van der Waals surface area contributed by atoms with Gasteiger partial charge in [-0.1, -0.05) is 11.8 Å². The average molecular weight is 386 g/mol. The van der Waals surface area contributed by atoms with Crippen molar-refractivity contribution in [2.45, 2.75) is 12.1 Å². The molecule has 0 radical (unpaired) electrons. The van der Waals surface area contributed by atoms with E-state index in [2.05, 4.69) is 15.0 Å². The zero-order valence-corrected chi connectivity index (χ0v) is 15.4. The molecule has 9 nitrogen and oxygen atoms in total. The summed E-state index contributed by atoms with van der Waals surface area (Å²) in [5.41, 5.74) is 0.791. The molecule has 3 rings (SSSR count). The van der Waals surface area contributed by atoms with Gasteiger partial charge in [-0.2, -0.15) is 0 Å². The normalized spacial score (nSPS) is 10.8. The molecule has 0 amide bonds. The number of methoxy groups -OCH3 is 1. The first kappa shape index (κ1) is 18.5. The van der Waals surface area contributed by atoms with Crippen LogP contribution in [0.25, 0.3) is 22.2 Å². The van der Waals surface area contributed by atoms with Gasteiger partial charge in [0.05, 0.1) is 28.7 Å². The van der Waals surface area contributed by atoms with Crippen LogP contribution in [0, 0.1) is 17.0 Å². The minimum atomic E-state index is -0.663. The Kier molecular flexibility index (Phi) is 4.91. The lowest BCUT2D eigenvalue weighted by Crippen LogP contribution is -2.16. The summed E-state index contributed by atoms with van der Waals surface area (Å²) < 4.78 is 4.85. The number of carbonyl (C=O) groups excluding carboxylic acids is 1. The number of hydrogen-bond donors (Lipinski definition) is 1. The lowest BCUT2D eigenvalue weighted by Gasteiger charge is -2.13. The Morgan fingerprint density at radius 1 is 1.26 bits per heavy atom. The van der Waals surface area contributed by atoms with E-state index in [4.69, 9.17) is 4.74 Å². The number of benzene rings is 1. The molecule has 138 valence electrons. The SMILES string of the molecule is COC(=O)c1c(C)nc2nc(SC)[nH]c(=O)c2c1-c1ccc([N+](=O)[O-])cc1. The van der Waals surface area contributed by atoms with E-state index < -0.39 is 16.5 Å². The van der Waals surface area contributed by atoms with Crippen molar-refractivity contribution in [3.63, 3.8) is 0 Å². The number of aryl methyl sites for hydroxylation is 1. The van der Waals surface area contributed by atoms with Gasteiger partial charge in [-0.15, -0.1) is 0 Å². The summed E-state index contributed by atoms with van der Waals surface area (Å²) in [5, 5.41) is 11.4. The minimum Gasteiger partial charge on any atom is -0.465 e. The van der Waals surface area contributed by atoms with E-state index in [0.29, 0.717) is 16.4 Å². The Labute approximate surface area is 157 Å².